The Labute approximate surface area is 193 Å². The highest BCUT2D eigenvalue weighted by atomic mass is 35.5. The molecule has 2 aromatic heterocycles. The number of methoxy groups -OCH3 is 1. The Kier molecular flexibility index (Phi) is 7.64. The lowest BCUT2D eigenvalue weighted by Gasteiger charge is -2.35. The zero-order chi connectivity index (χ0) is 21.8. The number of anilines is 2. The van der Waals surface area contributed by atoms with Crippen LogP contribution in [0.5, 0.6) is 5.75 Å². The summed E-state index contributed by atoms with van der Waals surface area (Å²) < 4.78 is 11.7. The van der Waals surface area contributed by atoms with Crippen molar-refractivity contribution in [3.63, 3.8) is 0 Å². The molecule has 0 radical (unpaired) electrons. The second kappa shape index (κ2) is 10.4. The number of nitriles is 1. The number of hydrogen-bond donors (Lipinski definition) is 2. The van der Waals surface area contributed by atoms with Crippen LogP contribution in [0, 0.1) is 11.3 Å². The summed E-state index contributed by atoms with van der Waals surface area (Å²) >= 11 is 0. The highest BCUT2D eigenvalue weighted by Gasteiger charge is 2.24. The third kappa shape index (κ3) is 5.16. The number of rotatable bonds is 6. The van der Waals surface area contributed by atoms with E-state index < -0.39 is 0 Å². The Hall–Kier alpha value is -3.19. The molecule has 0 amide bonds. The topological polar surface area (TPSA) is 112 Å². The summed E-state index contributed by atoms with van der Waals surface area (Å²) in [5, 5.41) is 19.2. The second-order valence-corrected chi connectivity index (χ2v) is 7.60. The summed E-state index contributed by atoms with van der Waals surface area (Å²) in [5.74, 6) is 1.84. The number of benzene rings is 1. The fraction of sp³-hybridized carbons (Fsp3) is 0.364. The molecule has 1 saturated heterocycles. The molecule has 4 rings (SSSR count). The first-order valence-corrected chi connectivity index (χ1v) is 10.2. The predicted molar refractivity (Wildman–Crippen MR) is 123 cm³/mol. The standard InChI is InChI=1S/C22H25N7O2.ClH/c1-14(2)29-6-7-31-20(13-29)15-4-5-17(19(8-15)30-3)18-9-21(28-27-18)26-22-12-24-16(10-23)11-25-22;/h4-5,8-9,11-12,14,20H,6-7,13H2,1-3H3,(H2,25,26,27,28);1H/t20-;/m1./s1. The molecular weight excluding hydrogens is 430 g/mol. The number of nitrogens with one attached hydrogen (secondary N) is 2. The van der Waals surface area contributed by atoms with Crippen LogP contribution in [-0.2, 0) is 4.74 Å². The lowest BCUT2D eigenvalue weighted by atomic mass is 10.0. The molecule has 32 heavy (non-hydrogen) atoms. The minimum absolute atomic E-state index is 0. The molecule has 1 aliphatic heterocycles. The SMILES string of the molecule is COc1cc([C@H]2CN(C(C)C)CCO2)ccc1-c1cc(Nc2cnc(C#N)cn2)n[nH]1.Cl. The van der Waals surface area contributed by atoms with E-state index in [1.54, 1.807) is 7.11 Å². The molecule has 1 atom stereocenters. The summed E-state index contributed by atoms with van der Waals surface area (Å²) in [6, 6.07) is 10.4. The summed E-state index contributed by atoms with van der Waals surface area (Å²) in [7, 11) is 1.66. The van der Waals surface area contributed by atoms with Crippen LogP contribution in [0.25, 0.3) is 11.3 Å². The van der Waals surface area contributed by atoms with Gasteiger partial charge in [-0.2, -0.15) is 10.4 Å². The minimum atomic E-state index is 0. The molecule has 3 heterocycles. The van der Waals surface area contributed by atoms with Gasteiger partial charge in [0.2, 0.25) is 0 Å². The summed E-state index contributed by atoms with van der Waals surface area (Å²) in [5.41, 5.74) is 3.06. The van der Waals surface area contributed by atoms with Gasteiger partial charge in [-0.1, -0.05) is 6.07 Å². The summed E-state index contributed by atoms with van der Waals surface area (Å²) in [6.07, 6.45) is 2.92. The van der Waals surface area contributed by atoms with Crippen LogP contribution < -0.4 is 10.1 Å². The van der Waals surface area contributed by atoms with Crippen molar-refractivity contribution in [2.45, 2.75) is 26.0 Å². The highest BCUT2D eigenvalue weighted by molar-refractivity contribution is 5.85. The molecule has 0 bridgehead atoms. The molecule has 1 aromatic carbocycles. The molecule has 9 nitrogen and oxygen atoms in total. The van der Waals surface area contributed by atoms with Gasteiger partial charge in [0.15, 0.2) is 11.5 Å². The van der Waals surface area contributed by atoms with E-state index in [1.807, 2.05) is 24.3 Å². The van der Waals surface area contributed by atoms with Gasteiger partial charge in [0, 0.05) is 30.8 Å². The van der Waals surface area contributed by atoms with Crippen LogP contribution in [0.4, 0.5) is 11.6 Å². The van der Waals surface area contributed by atoms with E-state index in [9.17, 15) is 0 Å². The third-order valence-electron chi connectivity index (χ3n) is 5.32. The second-order valence-electron chi connectivity index (χ2n) is 7.60. The van der Waals surface area contributed by atoms with Crippen LogP contribution in [0.1, 0.15) is 31.2 Å². The van der Waals surface area contributed by atoms with Gasteiger partial charge in [-0.3, -0.25) is 10.00 Å². The average Bonchev–Trinajstić information content (AvgIpc) is 3.27. The summed E-state index contributed by atoms with van der Waals surface area (Å²) in [6.45, 7) is 6.96. The normalized spacial score (nSPS) is 16.3. The van der Waals surface area contributed by atoms with Crippen molar-refractivity contribution < 1.29 is 9.47 Å². The monoisotopic (exact) mass is 455 g/mol. The van der Waals surface area contributed by atoms with Gasteiger partial charge in [-0.25, -0.2) is 9.97 Å². The number of hydrogen-bond acceptors (Lipinski definition) is 8. The Morgan fingerprint density at radius 2 is 2.09 bits per heavy atom. The Morgan fingerprint density at radius 1 is 1.25 bits per heavy atom. The minimum Gasteiger partial charge on any atom is -0.496 e. The quantitative estimate of drug-likeness (QED) is 0.578. The first kappa shape index (κ1) is 23.5. The van der Waals surface area contributed by atoms with Crippen LogP contribution in [0.3, 0.4) is 0 Å². The zero-order valence-corrected chi connectivity index (χ0v) is 19.0. The molecule has 1 fully saturated rings. The molecule has 168 valence electrons. The number of H-pyrrole nitrogens is 1. The lowest BCUT2D eigenvalue weighted by Crippen LogP contribution is -2.42. The molecule has 10 heteroatoms. The fourth-order valence-electron chi connectivity index (χ4n) is 3.58. The predicted octanol–water partition coefficient (Wildman–Crippen LogP) is 3.69. The van der Waals surface area contributed by atoms with Gasteiger partial charge in [0.25, 0.3) is 0 Å². The lowest BCUT2D eigenvalue weighted by molar-refractivity contribution is -0.0402. The Morgan fingerprint density at radius 3 is 2.78 bits per heavy atom. The van der Waals surface area contributed by atoms with E-state index in [1.165, 1.54) is 12.4 Å². The van der Waals surface area contributed by atoms with Gasteiger partial charge in [0.05, 0.1) is 37.9 Å². The maximum Gasteiger partial charge on any atom is 0.158 e. The van der Waals surface area contributed by atoms with E-state index in [0.717, 1.165) is 42.3 Å². The summed E-state index contributed by atoms with van der Waals surface area (Å²) in [4.78, 5) is 10.6. The van der Waals surface area contributed by atoms with Crippen LogP contribution >= 0.6 is 12.4 Å². The smallest absolute Gasteiger partial charge is 0.158 e. The number of aromatic amines is 1. The number of morpholine rings is 1. The van der Waals surface area contributed by atoms with Crippen LogP contribution in [-0.4, -0.2) is 57.9 Å². The first-order chi connectivity index (χ1) is 15.1. The highest BCUT2D eigenvalue weighted by Crippen LogP contribution is 2.34. The zero-order valence-electron chi connectivity index (χ0n) is 18.2. The van der Waals surface area contributed by atoms with Gasteiger partial charge in [-0.15, -0.1) is 12.4 Å². The van der Waals surface area contributed by atoms with E-state index >= 15 is 0 Å². The molecule has 2 N–H and O–H groups in total. The van der Waals surface area contributed by atoms with Crippen molar-refractivity contribution in [1.82, 2.24) is 25.1 Å². The van der Waals surface area contributed by atoms with E-state index in [-0.39, 0.29) is 24.2 Å². The van der Waals surface area contributed by atoms with Crippen molar-refractivity contribution in [3.8, 4) is 23.1 Å². The molecule has 0 saturated carbocycles. The maximum atomic E-state index is 8.82. The van der Waals surface area contributed by atoms with Gasteiger partial charge in [-0.05, 0) is 31.5 Å². The number of ether oxygens (including phenoxy) is 2. The van der Waals surface area contributed by atoms with Crippen molar-refractivity contribution in [1.29, 1.82) is 5.26 Å². The van der Waals surface area contributed by atoms with E-state index in [0.29, 0.717) is 17.7 Å². The molecule has 3 aromatic rings. The molecule has 0 aliphatic carbocycles. The van der Waals surface area contributed by atoms with Gasteiger partial charge >= 0.3 is 0 Å². The molecule has 0 spiro atoms. The van der Waals surface area contributed by atoms with Crippen molar-refractivity contribution in [2.24, 2.45) is 0 Å². The van der Waals surface area contributed by atoms with Crippen LogP contribution in [0.15, 0.2) is 36.7 Å². The van der Waals surface area contributed by atoms with Crippen molar-refractivity contribution in [2.75, 3.05) is 32.1 Å². The Balaban J connectivity index is 0.00000289. The molecule has 0 unspecified atom stereocenters. The third-order valence-corrected chi connectivity index (χ3v) is 5.32. The Bertz CT molecular complexity index is 1080. The van der Waals surface area contributed by atoms with Crippen molar-refractivity contribution >= 4 is 24.0 Å². The maximum absolute atomic E-state index is 8.82. The fourth-order valence-corrected chi connectivity index (χ4v) is 3.58. The largest absolute Gasteiger partial charge is 0.496 e. The van der Waals surface area contributed by atoms with Gasteiger partial charge < -0.3 is 14.8 Å². The molecule has 1 aliphatic rings. The number of nitrogens with zero attached hydrogens (tertiary/aromatic N) is 5. The first-order valence-electron chi connectivity index (χ1n) is 10.2. The molecular formula is C22H26ClN7O2. The van der Waals surface area contributed by atoms with Gasteiger partial charge in [0.1, 0.15) is 17.6 Å². The van der Waals surface area contributed by atoms with E-state index in [4.69, 9.17) is 14.7 Å². The number of halogens is 1. The van der Waals surface area contributed by atoms with E-state index in [2.05, 4.69) is 50.3 Å². The van der Waals surface area contributed by atoms with Crippen LogP contribution in [0.2, 0.25) is 0 Å². The van der Waals surface area contributed by atoms with Crippen molar-refractivity contribution in [3.05, 3.63) is 47.9 Å². The number of aromatic nitrogens is 4. The average molecular weight is 456 g/mol.